The summed E-state index contributed by atoms with van der Waals surface area (Å²) >= 11 is 1.45. The Labute approximate surface area is 118 Å². The Bertz CT molecular complexity index is 513. The van der Waals surface area contributed by atoms with E-state index in [0.29, 0.717) is 5.82 Å². The molecule has 5 heteroatoms. The lowest BCUT2D eigenvalue weighted by Crippen LogP contribution is -2.19. The number of ether oxygens (including phenoxy) is 1. The van der Waals surface area contributed by atoms with Crippen LogP contribution in [0.15, 0.2) is 30.3 Å². The zero-order valence-corrected chi connectivity index (χ0v) is 12.1. The summed E-state index contributed by atoms with van der Waals surface area (Å²) in [5.74, 6) is 0.602. The molecule has 1 aromatic heterocycles. The smallest absolute Gasteiger partial charge is 0.147 e. The van der Waals surface area contributed by atoms with Gasteiger partial charge in [-0.3, -0.25) is 0 Å². The van der Waals surface area contributed by atoms with Crippen LogP contribution in [0.5, 0.6) is 0 Å². The van der Waals surface area contributed by atoms with Gasteiger partial charge in [-0.15, -0.1) is 0 Å². The highest BCUT2D eigenvalue weighted by molar-refractivity contribution is 7.11. The normalized spacial score (nSPS) is 10.6. The van der Waals surface area contributed by atoms with Gasteiger partial charge in [-0.2, -0.15) is 4.37 Å². The van der Waals surface area contributed by atoms with Crippen molar-refractivity contribution < 1.29 is 4.74 Å². The van der Waals surface area contributed by atoms with Gasteiger partial charge in [-0.25, -0.2) is 0 Å². The first-order valence-corrected chi connectivity index (χ1v) is 7.02. The van der Waals surface area contributed by atoms with Gasteiger partial charge in [0.05, 0.1) is 5.56 Å². The molecule has 1 heterocycles. The second-order valence-corrected chi connectivity index (χ2v) is 5.13. The number of nitrogens with two attached hydrogens (primary N) is 1. The van der Waals surface area contributed by atoms with E-state index in [2.05, 4.69) is 28.5 Å². The largest absolute Gasteiger partial charge is 0.385 e. The van der Waals surface area contributed by atoms with Crippen molar-refractivity contribution >= 4 is 22.4 Å². The van der Waals surface area contributed by atoms with Gasteiger partial charge in [0.15, 0.2) is 0 Å². The predicted octanol–water partition coefficient (Wildman–Crippen LogP) is 2.87. The van der Waals surface area contributed by atoms with E-state index >= 15 is 0 Å². The number of aromatic nitrogens is 1. The maximum Gasteiger partial charge on any atom is 0.147 e. The number of benzene rings is 1. The van der Waals surface area contributed by atoms with Crippen molar-refractivity contribution in [3.8, 4) is 11.1 Å². The van der Waals surface area contributed by atoms with Crippen molar-refractivity contribution in [1.82, 2.24) is 4.37 Å². The molecule has 19 heavy (non-hydrogen) atoms. The van der Waals surface area contributed by atoms with Gasteiger partial charge in [-0.05, 0) is 23.5 Å². The number of hydrogen-bond donors (Lipinski definition) is 1. The Morgan fingerprint density at radius 1 is 1.32 bits per heavy atom. The molecule has 1 aromatic carbocycles. The molecule has 0 spiro atoms. The van der Waals surface area contributed by atoms with Crippen LogP contribution in [-0.2, 0) is 4.74 Å². The molecule has 2 aromatic rings. The summed E-state index contributed by atoms with van der Waals surface area (Å²) in [5, 5.41) is 1.11. The zero-order valence-electron chi connectivity index (χ0n) is 11.3. The summed E-state index contributed by atoms with van der Waals surface area (Å²) in [6, 6.07) is 10.2. The molecule has 4 nitrogen and oxygen atoms in total. The third-order valence-electron chi connectivity index (χ3n) is 2.95. The fourth-order valence-electron chi connectivity index (χ4n) is 1.98. The molecule has 0 aliphatic rings. The van der Waals surface area contributed by atoms with Crippen LogP contribution < -0.4 is 10.6 Å². The topological polar surface area (TPSA) is 51.4 Å². The first-order chi connectivity index (χ1) is 9.24. The Morgan fingerprint density at radius 2 is 2.05 bits per heavy atom. The molecule has 0 aliphatic carbocycles. The number of nitrogens with zero attached hydrogens (tertiary/aromatic N) is 2. The van der Waals surface area contributed by atoms with Crippen LogP contribution in [0.25, 0.3) is 11.1 Å². The molecule has 0 saturated heterocycles. The van der Waals surface area contributed by atoms with E-state index in [4.69, 9.17) is 10.5 Å². The minimum absolute atomic E-state index is 0.602. The molecule has 0 saturated carbocycles. The SMILES string of the molecule is COCCCN(C)c1snc(N)c1-c1ccccc1. The lowest BCUT2D eigenvalue weighted by Gasteiger charge is -2.18. The van der Waals surface area contributed by atoms with Crippen molar-refractivity contribution in [3.05, 3.63) is 30.3 Å². The highest BCUT2D eigenvalue weighted by Gasteiger charge is 2.16. The molecule has 2 rings (SSSR count). The Kier molecular flexibility index (Phi) is 4.76. The van der Waals surface area contributed by atoms with Crippen LogP contribution in [0.1, 0.15) is 6.42 Å². The third kappa shape index (κ3) is 3.24. The number of rotatable bonds is 6. The second-order valence-electron chi connectivity index (χ2n) is 4.38. The molecule has 102 valence electrons. The second kappa shape index (κ2) is 6.54. The Hall–Kier alpha value is -1.59. The van der Waals surface area contributed by atoms with E-state index < -0.39 is 0 Å². The van der Waals surface area contributed by atoms with Crippen molar-refractivity contribution in [3.63, 3.8) is 0 Å². The minimum atomic E-state index is 0.602. The maximum absolute atomic E-state index is 6.01. The number of methoxy groups -OCH3 is 1. The lowest BCUT2D eigenvalue weighted by molar-refractivity contribution is 0.196. The summed E-state index contributed by atoms with van der Waals surface area (Å²) in [6.45, 7) is 1.69. The van der Waals surface area contributed by atoms with Crippen LogP contribution in [0.4, 0.5) is 10.8 Å². The standard InChI is InChI=1S/C14H19N3OS/c1-17(9-6-10-18-2)14-12(13(15)16-19-14)11-7-4-3-5-8-11/h3-5,7-8H,6,9-10H2,1-2H3,(H2,15,16). The summed E-state index contributed by atoms with van der Waals surface area (Å²) < 4.78 is 9.37. The molecular weight excluding hydrogens is 258 g/mol. The summed E-state index contributed by atoms with van der Waals surface area (Å²) in [5.41, 5.74) is 8.16. The molecule has 0 amide bonds. The molecule has 0 bridgehead atoms. The van der Waals surface area contributed by atoms with Crippen LogP contribution in [0.3, 0.4) is 0 Å². The molecule has 0 fully saturated rings. The van der Waals surface area contributed by atoms with E-state index in [1.165, 1.54) is 11.5 Å². The summed E-state index contributed by atoms with van der Waals surface area (Å²) in [4.78, 5) is 2.19. The fraction of sp³-hybridized carbons (Fsp3) is 0.357. The first-order valence-electron chi connectivity index (χ1n) is 6.24. The molecule has 2 N–H and O–H groups in total. The fourth-order valence-corrected chi connectivity index (χ4v) is 2.80. The number of anilines is 2. The van der Waals surface area contributed by atoms with Crippen molar-refractivity contribution in [2.75, 3.05) is 37.9 Å². The van der Waals surface area contributed by atoms with Gasteiger partial charge >= 0.3 is 0 Å². The van der Waals surface area contributed by atoms with Crippen LogP contribution in [0, 0.1) is 0 Å². The van der Waals surface area contributed by atoms with E-state index in [9.17, 15) is 0 Å². The van der Waals surface area contributed by atoms with Crippen LogP contribution in [-0.4, -0.2) is 31.7 Å². The lowest BCUT2D eigenvalue weighted by atomic mass is 10.1. The summed E-state index contributed by atoms with van der Waals surface area (Å²) in [7, 11) is 3.79. The third-order valence-corrected chi connectivity index (χ3v) is 3.93. The van der Waals surface area contributed by atoms with Gasteiger partial charge in [-0.1, -0.05) is 30.3 Å². The van der Waals surface area contributed by atoms with E-state index in [0.717, 1.165) is 35.7 Å². The zero-order chi connectivity index (χ0) is 13.7. The van der Waals surface area contributed by atoms with Gasteiger partial charge in [0.1, 0.15) is 10.8 Å². The summed E-state index contributed by atoms with van der Waals surface area (Å²) in [6.07, 6.45) is 0.985. The van der Waals surface area contributed by atoms with Gasteiger partial charge in [0.2, 0.25) is 0 Å². The molecule has 0 aliphatic heterocycles. The monoisotopic (exact) mass is 277 g/mol. The Morgan fingerprint density at radius 3 is 2.74 bits per heavy atom. The maximum atomic E-state index is 6.01. The number of nitrogen functional groups attached to an aromatic ring is 1. The number of hydrogen-bond acceptors (Lipinski definition) is 5. The van der Waals surface area contributed by atoms with Crippen LogP contribution >= 0.6 is 11.5 Å². The molecule has 0 atom stereocenters. The average molecular weight is 277 g/mol. The van der Waals surface area contributed by atoms with Gasteiger partial charge < -0.3 is 15.4 Å². The van der Waals surface area contributed by atoms with Gasteiger partial charge in [0.25, 0.3) is 0 Å². The highest BCUT2D eigenvalue weighted by Crippen LogP contribution is 2.38. The van der Waals surface area contributed by atoms with Crippen LogP contribution in [0.2, 0.25) is 0 Å². The van der Waals surface area contributed by atoms with E-state index in [1.54, 1.807) is 7.11 Å². The first kappa shape index (κ1) is 13.8. The van der Waals surface area contributed by atoms with E-state index in [1.807, 2.05) is 18.2 Å². The van der Waals surface area contributed by atoms with Crippen molar-refractivity contribution in [2.45, 2.75) is 6.42 Å². The van der Waals surface area contributed by atoms with E-state index in [-0.39, 0.29) is 0 Å². The van der Waals surface area contributed by atoms with Gasteiger partial charge in [0, 0.05) is 27.3 Å². The molecule has 0 unspecified atom stereocenters. The highest BCUT2D eigenvalue weighted by atomic mass is 32.1. The average Bonchev–Trinajstić information content (AvgIpc) is 2.82. The minimum Gasteiger partial charge on any atom is -0.385 e. The molecular formula is C14H19N3OS. The Balaban J connectivity index is 2.23. The molecule has 0 radical (unpaired) electrons. The quantitative estimate of drug-likeness (QED) is 0.825. The predicted molar refractivity (Wildman–Crippen MR) is 81.7 cm³/mol. The van der Waals surface area contributed by atoms with Crippen molar-refractivity contribution in [2.24, 2.45) is 0 Å². The van der Waals surface area contributed by atoms with Crippen molar-refractivity contribution in [1.29, 1.82) is 0 Å².